The van der Waals surface area contributed by atoms with E-state index in [2.05, 4.69) is 42.1 Å². The summed E-state index contributed by atoms with van der Waals surface area (Å²) in [6.45, 7) is 2.17. The van der Waals surface area contributed by atoms with Crippen LogP contribution in [0.25, 0.3) is 0 Å². The number of rotatable bonds is 2. The first-order valence-corrected chi connectivity index (χ1v) is 6.10. The lowest BCUT2D eigenvalue weighted by molar-refractivity contribution is 0.414. The Morgan fingerprint density at radius 1 is 1.31 bits per heavy atom. The molecule has 0 aliphatic rings. The molecule has 0 aromatic heterocycles. The molecule has 0 saturated carbocycles. The number of ether oxygens (including phenoxy) is 1. The van der Waals surface area contributed by atoms with Gasteiger partial charge in [0.25, 0.3) is 0 Å². The second-order valence-corrected chi connectivity index (χ2v) is 3.98. The molecule has 0 atom stereocenters. The number of halogens is 1. The Labute approximate surface area is 99.4 Å². The highest BCUT2D eigenvalue weighted by Gasteiger charge is 1.86. The van der Waals surface area contributed by atoms with Crippen LogP contribution in [0.2, 0.25) is 0 Å². The normalized spacial score (nSPS) is 8.62. The third kappa shape index (κ3) is 7.19. The monoisotopic (exact) mass is 310 g/mol. The molecule has 0 aliphatic heterocycles. The number of methoxy groups -OCH3 is 1. The molecule has 0 heterocycles. The van der Waals surface area contributed by atoms with Gasteiger partial charge < -0.3 is 4.74 Å². The Kier molecular flexibility index (Phi) is 8.75. The first-order valence-electron chi connectivity index (χ1n) is 4.13. The molecular formula is C10H15IOS. The van der Waals surface area contributed by atoms with Crippen LogP contribution in [-0.4, -0.2) is 11.5 Å². The highest BCUT2D eigenvalue weighted by molar-refractivity contribution is 14.1. The predicted octanol–water partition coefficient (Wildman–Crippen LogP) is 3.82. The molecule has 1 rings (SSSR count). The highest BCUT2D eigenvalue weighted by atomic mass is 127. The van der Waals surface area contributed by atoms with E-state index in [0.717, 1.165) is 10.6 Å². The lowest BCUT2D eigenvalue weighted by atomic mass is 10.3. The molecule has 0 bridgehead atoms. The quantitative estimate of drug-likeness (QED) is 0.496. The van der Waals surface area contributed by atoms with Crippen LogP contribution >= 0.6 is 35.2 Å². The van der Waals surface area contributed by atoms with Crippen molar-refractivity contribution in [3.05, 3.63) is 24.3 Å². The van der Waals surface area contributed by atoms with Gasteiger partial charge in [0.2, 0.25) is 0 Å². The fourth-order valence-corrected chi connectivity index (χ4v) is 0.731. The zero-order valence-electron chi connectivity index (χ0n) is 7.96. The van der Waals surface area contributed by atoms with E-state index in [1.165, 1.54) is 10.8 Å². The van der Waals surface area contributed by atoms with Crippen molar-refractivity contribution >= 4 is 35.2 Å². The zero-order chi connectivity index (χ0) is 10.1. The van der Waals surface area contributed by atoms with Gasteiger partial charge in [-0.1, -0.05) is 29.5 Å². The summed E-state index contributed by atoms with van der Waals surface area (Å²) in [6.07, 6.45) is 1.31. The van der Waals surface area contributed by atoms with Crippen molar-refractivity contribution in [2.45, 2.75) is 18.2 Å². The van der Waals surface area contributed by atoms with Crippen LogP contribution in [0, 0.1) is 0 Å². The van der Waals surface area contributed by atoms with Gasteiger partial charge in [0.15, 0.2) is 0 Å². The largest absolute Gasteiger partial charge is 0.497 e. The van der Waals surface area contributed by atoms with E-state index < -0.39 is 0 Å². The summed E-state index contributed by atoms with van der Waals surface area (Å²) in [6, 6.07) is 7.54. The fourth-order valence-electron chi connectivity index (χ4n) is 0.582. The molecule has 13 heavy (non-hydrogen) atoms. The molecule has 0 N–H and O–H groups in total. The summed E-state index contributed by atoms with van der Waals surface area (Å²) >= 11 is 6.47. The molecule has 3 heteroatoms. The van der Waals surface area contributed by atoms with E-state index in [0.29, 0.717) is 0 Å². The Hall–Kier alpha value is 0.100. The van der Waals surface area contributed by atoms with Gasteiger partial charge >= 0.3 is 0 Å². The summed E-state index contributed by atoms with van der Waals surface area (Å²) in [5.41, 5.74) is 0. The molecule has 0 spiro atoms. The molecule has 1 aromatic rings. The summed E-state index contributed by atoms with van der Waals surface area (Å²) in [5, 5.41) is 0. The van der Waals surface area contributed by atoms with E-state index in [9.17, 15) is 0 Å². The van der Waals surface area contributed by atoms with Crippen molar-refractivity contribution < 1.29 is 4.74 Å². The second kappa shape index (κ2) is 8.69. The van der Waals surface area contributed by atoms with Gasteiger partial charge in [-0.05, 0) is 35.1 Å². The minimum atomic E-state index is 0.868. The van der Waals surface area contributed by atoms with Crippen molar-refractivity contribution in [3.63, 3.8) is 0 Å². The third-order valence-corrected chi connectivity index (χ3v) is 2.64. The smallest absolute Gasteiger partial charge is 0.118 e. The lowest BCUT2D eigenvalue weighted by Crippen LogP contribution is -1.79. The molecule has 1 nitrogen and oxygen atoms in total. The van der Waals surface area contributed by atoms with Gasteiger partial charge in [-0.15, -0.1) is 12.6 Å². The first-order chi connectivity index (χ1) is 6.24. The van der Waals surface area contributed by atoms with E-state index in [4.69, 9.17) is 4.74 Å². The van der Waals surface area contributed by atoms with Gasteiger partial charge in [-0.2, -0.15) is 0 Å². The van der Waals surface area contributed by atoms with Crippen LogP contribution in [0.15, 0.2) is 29.2 Å². The van der Waals surface area contributed by atoms with Gasteiger partial charge in [-0.25, -0.2) is 0 Å². The molecule has 0 aliphatic carbocycles. The molecule has 0 saturated heterocycles. The second-order valence-electron chi connectivity index (χ2n) is 2.39. The van der Waals surface area contributed by atoms with Crippen LogP contribution in [0.1, 0.15) is 13.3 Å². The summed E-state index contributed by atoms with van der Waals surface area (Å²) in [5.74, 6) is 0.868. The topological polar surface area (TPSA) is 9.23 Å². The minimum absolute atomic E-state index is 0.868. The van der Waals surface area contributed by atoms with Crippen LogP contribution in [0.4, 0.5) is 0 Å². The summed E-state index contributed by atoms with van der Waals surface area (Å²) in [7, 11) is 1.65. The van der Waals surface area contributed by atoms with Gasteiger partial charge in [0, 0.05) is 4.90 Å². The van der Waals surface area contributed by atoms with Crippen molar-refractivity contribution in [3.8, 4) is 5.75 Å². The Morgan fingerprint density at radius 3 is 2.08 bits per heavy atom. The van der Waals surface area contributed by atoms with Crippen molar-refractivity contribution in [1.29, 1.82) is 0 Å². The number of hydrogen-bond donors (Lipinski definition) is 1. The predicted molar refractivity (Wildman–Crippen MR) is 69.4 cm³/mol. The highest BCUT2D eigenvalue weighted by Crippen LogP contribution is 2.12. The maximum atomic E-state index is 4.94. The third-order valence-electron chi connectivity index (χ3n) is 1.26. The lowest BCUT2D eigenvalue weighted by Gasteiger charge is -1.96. The Balaban J connectivity index is 0.000000310. The average molecular weight is 310 g/mol. The van der Waals surface area contributed by atoms with Crippen LogP contribution in [0.5, 0.6) is 5.75 Å². The van der Waals surface area contributed by atoms with Crippen LogP contribution < -0.4 is 4.74 Å². The number of benzene rings is 1. The van der Waals surface area contributed by atoms with E-state index in [1.807, 2.05) is 24.3 Å². The molecule has 0 amide bonds. The van der Waals surface area contributed by atoms with Crippen molar-refractivity contribution in [1.82, 2.24) is 0 Å². The van der Waals surface area contributed by atoms with Crippen LogP contribution in [0.3, 0.4) is 0 Å². The maximum Gasteiger partial charge on any atom is 0.118 e. The van der Waals surface area contributed by atoms with Crippen molar-refractivity contribution in [2.75, 3.05) is 11.5 Å². The Morgan fingerprint density at radius 2 is 1.77 bits per heavy atom. The Bertz CT molecular complexity index is 209. The average Bonchev–Trinajstić information content (AvgIpc) is 2.19. The first kappa shape index (κ1) is 13.1. The number of alkyl halides is 1. The molecule has 74 valence electrons. The molecule has 0 fully saturated rings. The van der Waals surface area contributed by atoms with Gasteiger partial charge in [0.1, 0.15) is 5.75 Å². The van der Waals surface area contributed by atoms with Gasteiger partial charge in [-0.3, -0.25) is 0 Å². The van der Waals surface area contributed by atoms with Crippen molar-refractivity contribution in [2.24, 2.45) is 0 Å². The molecular weight excluding hydrogens is 295 g/mol. The van der Waals surface area contributed by atoms with Crippen LogP contribution in [-0.2, 0) is 0 Å². The standard InChI is InChI=1S/C7H8OS.C3H7I/c1-8-6-2-4-7(9)5-3-6;1-2-3-4/h2-5,9H,1H3;2-3H2,1H3. The number of thiol groups is 1. The minimum Gasteiger partial charge on any atom is -0.497 e. The summed E-state index contributed by atoms with van der Waals surface area (Å²) < 4.78 is 6.22. The summed E-state index contributed by atoms with van der Waals surface area (Å²) in [4.78, 5) is 0.954. The SMILES string of the molecule is CCCI.COc1ccc(S)cc1. The van der Waals surface area contributed by atoms with E-state index >= 15 is 0 Å². The van der Waals surface area contributed by atoms with Gasteiger partial charge in [0.05, 0.1) is 7.11 Å². The fraction of sp³-hybridized carbons (Fsp3) is 0.400. The molecule has 1 aromatic carbocycles. The van der Waals surface area contributed by atoms with E-state index in [-0.39, 0.29) is 0 Å². The maximum absolute atomic E-state index is 4.94. The zero-order valence-corrected chi connectivity index (χ0v) is 11.0. The number of hydrogen-bond acceptors (Lipinski definition) is 2. The molecule has 0 radical (unpaired) electrons. The van der Waals surface area contributed by atoms with E-state index in [1.54, 1.807) is 7.11 Å². The molecule has 0 unspecified atom stereocenters.